The number of rotatable bonds is 6. The SMILES string of the molecule is COc1ccc(CNC(=O)CN2CCCCCC2=O)c(OC)c1. The molecular weight excluding hydrogens is 296 g/mol. The highest BCUT2D eigenvalue weighted by Crippen LogP contribution is 2.24. The lowest BCUT2D eigenvalue weighted by molar-refractivity contribution is -0.135. The number of likely N-dealkylation sites (tertiary alicyclic amines) is 1. The summed E-state index contributed by atoms with van der Waals surface area (Å²) in [6, 6.07) is 5.46. The maximum absolute atomic E-state index is 12.1. The molecule has 1 N–H and O–H groups in total. The largest absolute Gasteiger partial charge is 0.497 e. The van der Waals surface area contributed by atoms with Gasteiger partial charge in [-0.25, -0.2) is 0 Å². The van der Waals surface area contributed by atoms with Gasteiger partial charge in [-0.05, 0) is 25.0 Å². The van der Waals surface area contributed by atoms with Crippen molar-refractivity contribution >= 4 is 11.8 Å². The molecule has 2 rings (SSSR count). The molecule has 1 aromatic rings. The number of nitrogens with one attached hydrogen (secondary N) is 1. The summed E-state index contributed by atoms with van der Waals surface area (Å²) in [4.78, 5) is 25.6. The van der Waals surface area contributed by atoms with Gasteiger partial charge in [0.1, 0.15) is 11.5 Å². The molecule has 6 nitrogen and oxygen atoms in total. The predicted molar refractivity (Wildman–Crippen MR) is 86.4 cm³/mol. The Morgan fingerprint density at radius 3 is 2.78 bits per heavy atom. The van der Waals surface area contributed by atoms with Crippen LogP contribution in [0.25, 0.3) is 0 Å². The second-order valence-corrected chi connectivity index (χ2v) is 5.58. The van der Waals surface area contributed by atoms with Crippen molar-refractivity contribution in [2.45, 2.75) is 32.2 Å². The highest BCUT2D eigenvalue weighted by Gasteiger charge is 2.19. The highest BCUT2D eigenvalue weighted by atomic mass is 16.5. The zero-order valence-corrected chi connectivity index (χ0v) is 13.8. The zero-order chi connectivity index (χ0) is 16.7. The van der Waals surface area contributed by atoms with E-state index in [0.717, 1.165) is 24.8 Å². The predicted octanol–water partition coefficient (Wildman–Crippen LogP) is 1.72. The van der Waals surface area contributed by atoms with Gasteiger partial charge < -0.3 is 19.7 Å². The lowest BCUT2D eigenvalue weighted by Gasteiger charge is -2.20. The van der Waals surface area contributed by atoms with Crippen molar-refractivity contribution < 1.29 is 19.1 Å². The first kappa shape index (κ1) is 17.1. The smallest absolute Gasteiger partial charge is 0.239 e. The summed E-state index contributed by atoms with van der Waals surface area (Å²) in [6.07, 6.45) is 3.47. The number of amides is 2. The maximum atomic E-state index is 12.1. The molecule has 2 amide bonds. The van der Waals surface area contributed by atoms with E-state index in [2.05, 4.69) is 5.32 Å². The maximum Gasteiger partial charge on any atom is 0.239 e. The van der Waals surface area contributed by atoms with Gasteiger partial charge in [0.05, 0.1) is 20.8 Å². The number of nitrogens with zero attached hydrogens (tertiary/aromatic N) is 1. The van der Waals surface area contributed by atoms with Crippen LogP contribution in [0.1, 0.15) is 31.2 Å². The molecule has 0 bridgehead atoms. The number of carbonyl (C=O) groups is 2. The van der Waals surface area contributed by atoms with Crippen LogP contribution in [0.2, 0.25) is 0 Å². The summed E-state index contributed by atoms with van der Waals surface area (Å²) in [6.45, 7) is 1.14. The number of hydrogen-bond donors (Lipinski definition) is 1. The minimum Gasteiger partial charge on any atom is -0.497 e. The van der Waals surface area contributed by atoms with Crippen LogP contribution in [0.5, 0.6) is 11.5 Å². The Kier molecular flexibility index (Phi) is 6.26. The molecule has 1 aromatic carbocycles. The van der Waals surface area contributed by atoms with Gasteiger partial charge in [0, 0.05) is 31.1 Å². The van der Waals surface area contributed by atoms with Crippen LogP contribution in [0.15, 0.2) is 18.2 Å². The summed E-state index contributed by atoms with van der Waals surface area (Å²) < 4.78 is 10.5. The summed E-state index contributed by atoms with van der Waals surface area (Å²) in [5.41, 5.74) is 0.865. The van der Waals surface area contributed by atoms with E-state index in [1.807, 2.05) is 12.1 Å². The minimum absolute atomic E-state index is 0.0691. The molecule has 6 heteroatoms. The topological polar surface area (TPSA) is 67.9 Å². The van der Waals surface area contributed by atoms with Crippen LogP contribution in [0.3, 0.4) is 0 Å². The third-order valence-corrected chi connectivity index (χ3v) is 3.98. The molecule has 0 spiro atoms. The van der Waals surface area contributed by atoms with Crippen LogP contribution < -0.4 is 14.8 Å². The summed E-state index contributed by atoms with van der Waals surface area (Å²) in [5.74, 6) is 1.28. The van der Waals surface area contributed by atoms with Gasteiger partial charge in [-0.15, -0.1) is 0 Å². The molecule has 0 atom stereocenters. The van der Waals surface area contributed by atoms with Crippen molar-refractivity contribution in [3.63, 3.8) is 0 Å². The van der Waals surface area contributed by atoms with Crippen molar-refractivity contribution in [3.8, 4) is 11.5 Å². The molecule has 0 radical (unpaired) electrons. The van der Waals surface area contributed by atoms with E-state index in [-0.39, 0.29) is 18.4 Å². The van der Waals surface area contributed by atoms with E-state index < -0.39 is 0 Å². The van der Waals surface area contributed by atoms with E-state index >= 15 is 0 Å². The first-order valence-electron chi connectivity index (χ1n) is 7.89. The molecule has 0 aromatic heterocycles. The summed E-state index contributed by atoms with van der Waals surface area (Å²) in [7, 11) is 3.17. The molecule has 126 valence electrons. The van der Waals surface area contributed by atoms with Gasteiger partial charge >= 0.3 is 0 Å². The van der Waals surface area contributed by atoms with Crippen LogP contribution in [-0.2, 0) is 16.1 Å². The normalized spacial score (nSPS) is 15.0. The highest BCUT2D eigenvalue weighted by molar-refractivity contribution is 5.84. The van der Waals surface area contributed by atoms with Gasteiger partial charge in [-0.1, -0.05) is 6.42 Å². The Labute approximate surface area is 136 Å². The molecule has 23 heavy (non-hydrogen) atoms. The first-order valence-corrected chi connectivity index (χ1v) is 7.89. The first-order chi connectivity index (χ1) is 11.1. The van der Waals surface area contributed by atoms with Crippen molar-refractivity contribution in [2.75, 3.05) is 27.3 Å². The third kappa shape index (κ3) is 4.87. The molecular formula is C17H24N2O4. The summed E-state index contributed by atoms with van der Waals surface area (Å²) >= 11 is 0. The molecule has 1 aliphatic heterocycles. The lowest BCUT2D eigenvalue weighted by Crippen LogP contribution is -2.40. The number of benzene rings is 1. The Morgan fingerprint density at radius 1 is 1.22 bits per heavy atom. The van der Waals surface area contributed by atoms with Gasteiger partial charge in [0.15, 0.2) is 0 Å². The zero-order valence-electron chi connectivity index (χ0n) is 13.8. The van der Waals surface area contributed by atoms with Crippen LogP contribution in [0.4, 0.5) is 0 Å². The van der Waals surface area contributed by atoms with Gasteiger partial charge in [-0.3, -0.25) is 9.59 Å². The Bertz CT molecular complexity index is 560. The van der Waals surface area contributed by atoms with E-state index in [9.17, 15) is 9.59 Å². The van der Waals surface area contributed by atoms with Crippen LogP contribution in [0, 0.1) is 0 Å². The molecule has 0 unspecified atom stereocenters. The monoisotopic (exact) mass is 320 g/mol. The Hall–Kier alpha value is -2.24. The van der Waals surface area contributed by atoms with Gasteiger partial charge in [0.25, 0.3) is 0 Å². The van der Waals surface area contributed by atoms with E-state index in [1.165, 1.54) is 0 Å². The Balaban J connectivity index is 1.90. The van der Waals surface area contributed by atoms with Crippen molar-refractivity contribution in [1.82, 2.24) is 10.2 Å². The Morgan fingerprint density at radius 2 is 2.04 bits per heavy atom. The molecule has 1 fully saturated rings. The third-order valence-electron chi connectivity index (χ3n) is 3.98. The van der Waals surface area contributed by atoms with Crippen molar-refractivity contribution in [2.24, 2.45) is 0 Å². The fourth-order valence-electron chi connectivity index (χ4n) is 2.63. The number of carbonyl (C=O) groups excluding carboxylic acids is 2. The number of hydrogen-bond acceptors (Lipinski definition) is 4. The number of methoxy groups -OCH3 is 2. The second kappa shape index (κ2) is 8.41. The van der Waals surface area contributed by atoms with E-state index in [1.54, 1.807) is 25.2 Å². The van der Waals surface area contributed by atoms with E-state index in [0.29, 0.717) is 31.0 Å². The average molecular weight is 320 g/mol. The summed E-state index contributed by atoms with van der Waals surface area (Å²) in [5, 5.41) is 2.85. The van der Waals surface area contributed by atoms with E-state index in [4.69, 9.17) is 9.47 Å². The second-order valence-electron chi connectivity index (χ2n) is 5.58. The average Bonchev–Trinajstić information content (AvgIpc) is 2.77. The van der Waals surface area contributed by atoms with Crippen molar-refractivity contribution in [3.05, 3.63) is 23.8 Å². The molecule has 0 saturated carbocycles. The quantitative estimate of drug-likeness (QED) is 0.866. The molecule has 0 aliphatic carbocycles. The van der Waals surface area contributed by atoms with Crippen molar-refractivity contribution in [1.29, 1.82) is 0 Å². The molecule has 1 saturated heterocycles. The number of ether oxygens (including phenoxy) is 2. The fraction of sp³-hybridized carbons (Fsp3) is 0.529. The minimum atomic E-state index is -0.155. The van der Waals surface area contributed by atoms with Gasteiger partial charge in [-0.2, -0.15) is 0 Å². The molecule has 1 heterocycles. The lowest BCUT2D eigenvalue weighted by atomic mass is 10.2. The standard InChI is InChI=1S/C17H24N2O4/c1-22-14-8-7-13(15(10-14)23-2)11-18-16(20)12-19-9-5-3-4-6-17(19)21/h7-8,10H,3-6,9,11-12H2,1-2H3,(H,18,20). The van der Waals surface area contributed by atoms with Crippen LogP contribution in [-0.4, -0.2) is 44.0 Å². The van der Waals surface area contributed by atoms with Crippen LogP contribution >= 0.6 is 0 Å². The van der Waals surface area contributed by atoms with Gasteiger partial charge in [0.2, 0.25) is 11.8 Å². The fourth-order valence-corrected chi connectivity index (χ4v) is 2.63. The molecule has 1 aliphatic rings.